The molecule has 0 aliphatic heterocycles. The first-order chi connectivity index (χ1) is 11.1. The first-order valence-electron chi connectivity index (χ1n) is 6.86. The Bertz CT molecular complexity index is 871. The Morgan fingerprint density at radius 2 is 1.52 bits per heavy atom. The number of fused-ring (bicyclic) bond motifs is 1. The monoisotopic (exact) mass is 310 g/mol. The number of aromatic carboxylic acids is 1. The van der Waals surface area contributed by atoms with E-state index in [-0.39, 0.29) is 11.4 Å². The van der Waals surface area contributed by atoms with Crippen LogP contribution < -0.4 is 9.47 Å². The minimum absolute atomic E-state index is 0.112. The summed E-state index contributed by atoms with van der Waals surface area (Å²) in [6.45, 7) is 0. The Kier molecular flexibility index (Phi) is 3.80. The number of rotatable bonds is 4. The standard InChI is InChI=1S/C17H14N2O4/c1-22-11-7-10(8-12(9-11)23-2)15-16(17(20)21)19-14-6-4-3-5-13(14)18-15/h3-9H,1-2H3,(H,20,21). The summed E-state index contributed by atoms with van der Waals surface area (Å²) in [6, 6.07) is 12.2. The van der Waals surface area contributed by atoms with Gasteiger partial charge < -0.3 is 14.6 Å². The van der Waals surface area contributed by atoms with Crippen LogP contribution in [0.2, 0.25) is 0 Å². The maximum atomic E-state index is 11.6. The van der Waals surface area contributed by atoms with Gasteiger partial charge in [-0.15, -0.1) is 0 Å². The van der Waals surface area contributed by atoms with Crippen LogP contribution in [0.5, 0.6) is 11.5 Å². The van der Waals surface area contributed by atoms with Crippen molar-refractivity contribution in [3.05, 3.63) is 48.2 Å². The number of para-hydroxylation sites is 2. The summed E-state index contributed by atoms with van der Waals surface area (Å²) < 4.78 is 10.5. The fourth-order valence-corrected chi connectivity index (χ4v) is 2.29. The molecule has 0 aliphatic carbocycles. The number of carboxylic acid groups (broad SMARTS) is 1. The molecule has 0 spiro atoms. The van der Waals surface area contributed by atoms with Crippen molar-refractivity contribution in [3.8, 4) is 22.8 Å². The second kappa shape index (κ2) is 5.92. The highest BCUT2D eigenvalue weighted by molar-refractivity contribution is 5.95. The second-order valence-corrected chi connectivity index (χ2v) is 4.82. The summed E-state index contributed by atoms with van der Waals surface area (Å²) >= 11 is 0. The highest BCUT2D eigenvalue weighted by Crippen LogP contribution is 2.31. The van der Waals surface area contributed by atoms with Crippen molar-refractivity contribution in [2.45, 2.75) is 0 Å². The van der Waals surface area contributed by atoms with Gasteiger partial charge in [0.05, 0.1) is 25.3 Å². The smallest absolute Gasteiger partial charge is 0.356 e. The van der Waals surface area contributed by atoms with Gasteiger partial charge in [-0.3, -0.25) is 0 Å². The van der Waals surface area contributed by atoms with Crippen molar-refractivity contribution >= 4 is 17.0 Å². The molecule has 0 saturated carbocycles. The molecule has 1 aromatic heterocycles. The van der Waals surface area contributed by atoms with Gasteiger partial charge in [-0.25, -0.2) is 14.8 Å². The van der Waals surface area contributed by atoms with E-state index in [1.807, 2.05) is 6.07 Å². The van der Waals surface area contributed by atoms with Crippen molar-refractivity contribution in [2.24, 2.45) is 0 Å². The summed E-state index contributed by atoms with van der Waals surface area (Å²) in [4.78, 5) is 20.3. The number of hydrogen-bond donors (Lipinski definition) is 1. The van der Waals surface area contributed by atoms with E-state index in [9.17, 15) is 9.90 Å². The van der Waals surface area contributed by atoms with Gasteiger partial charge in [0.2, 0.25) is 0 Å². The van der Waals surface area contributed by atoms with Gasteiger partial charge in [0, 0.05) is 11.6 Å². The number of benzene rings is 2. The van der Waals surface area contributed by atoms with Gasteiger partial charge in [-0.05, 0) is 24.3 Å². The number of aromatic nitrogens is 2. The van der Waals surface area contributed by atoms with Crippen LogP contribution in [0.4, 0.5) is 0 Å². The van der Waals surface area contributed by atoms with Gasteiger partial charge in [-0.1, -0.05) is 12.1 Å². The summed E-state index contributed by atoms with van der Waals surface area (Å²) in [5.74, 6) is -0.0451. The van der Waals surface area contributed by atoms with E-state index in [0.29, 0.717) is 28.1 Å². The van der Waals surface area contributed by atoms with Gasteiger partial charge in [0.15, 0.2) is 5.69 Å². The number of carboxylic acids is 1. The molecule has 3 rings (SSSR count). The molecule has 116 valence electrons. The third-order valence-electron chi connectivity index (χ3n) is 3.40. The zero-order valence-electron chi connectivity index (χ0n) is 12.6. The van der Waals surface area contributed by atoms with Crippen molar-refractivity contribution in [1.29, 1.82) is 0 Å². The predicted molar refractivity (Wildman–Crippen MR) is 85.0 cm³/mol. The predicted octanol–water partition coefficient (Wildman–Crippen LogP) is 3.01. The van der Waals surface area contributed by atoms with Crippen LogP contribution in [-0.4, -0.2) is 35.3 Å². The topological polar surface area (TPSA) is 81.5 Å². The lowest BCUT2D eigenvalue weighted by molar-refractivity contribution is 0.0691. The van der Waals surface area contributed by atoms with Gasteiger partial charge in [0.1, 0.15) is 17.2 Å². The average molecular weight is 310 g/mol. The first-order valence-corrected chi connectivity index (χ1v) is 6.86. The van der Waals surface area contributed by atoms with E-state index < -0.39 is 5.97 Å². The van der Waals surface area contributed by atoms with E-state index in [0.717, 1.165) is 0 Å². The summed E-state index contributed by atoms with van der Waals surface area (Å²) in [7, 11) is 3.06. The fourth-order valence-electron chi connectivity index (χ4n) is 2.29. The largest absolute Gasteiger partial charge is 0.497 e. The molecule has 0 aliphatic rings. The highest BCUT2D eigenvalue weighted by Gasteiger charge is 2.18. The molecule has 3 aromatic rings. The molecular formula is C17H14N2O4. The van der Waals surface area contributed by atoms with E-state index in [4.69, 9.17) is 9.47 Å². The lowest BCUT2D eigenvalue weighted by Crippen LogP contribution is -2.06. The molecular weight excluding hydrogens is 296 g/mol. The van der Waals surface area contributed by atoms with Gasteiger partial charge >= 0.3 is 5.97 Å². The molecule has 2 aromatic carbocycles. The van der Waals surface area contributed by atoms with E-state index >= 15 is 0 Å². The molecule has 1 N–H and O–H groups in total. The van der Waals surface area contributed by atoms with Gasteiger partial charge in [0.25, 0.3) is 0 Å². The number of methoxy groups -OCH3 is 2. The molecule has 1 heterocycles. The number of hydrogen-bond acceptors (Lipinski definition) is 5. The fraction of sp³-hybridized carbons (Fsp3) is 0.118. The maximum Gasteiger partial charge on any atom is 0.356 e. The Morgan fingerprint density at radius 3 is 2.04 bits per heavy atom. The maximum absolute atomic E-state index is 11.6. The van der Waals surface area contributed by atoms with Crippen LogP contribution in [0.1, 0.15) is 10.5 Å². The van der Waals surface area contributed by atoms with E-state index in [2.05, 4.69) is 9.97 Å². The van der Waals surface area contributed by atoms with Crippen LogP contribution in [0.25, 0.3) is 22.3 Å². The van der Waals surface area contributed by atoms with Crippen molar-refractivity contribution in [1.82, 2.24) is 9.97 Å². The highest BCUT2D eigenvalue weighted by atomic mass is 16.5. The SMILES string of the molecule is COc1cc(OC)cc(-c2nc3ccccc3nc2C(=O)O)c1. The number of ether oxygens (including phenoxy) is 2. The second-order valence-electron chi connectivity index (χ2n) is 4.82. The Balaban J connectivity index is 2.29. The summed E-state index contributed by atoms with van der Waals surface area (Å²) in [5.41, 5.74) is 1.88. The Hall–Kier alpha value is -3.15. The Labute approximate surface area is 132 Å². The minimum atomic E-state index is -1.14. The van der Waals surface area contributed by atoms with Crippen LogP contribution in [-0.2, 0) is 0 Å². The summed E-state index contributed by atoms with van der Waals surface area (Å²) in [6.07, 6.45) is 0. The zero-order chi connectivity index (χ0) is 16.4. The molecule has 0 atom stereocenters. The van der Waals surface area contributed by atoms with Crippen LogP contribution in [0.3, 0.4) is 0 Å². The molecule has 23 heavy (non-hydrogen) atoms. The third kappa shape index (κ3) is 2.78. The lowest BCUT2D eigenvalue weighted by atomic mass is 10.1. The van der Waals surface area contributed by atoms with Crippen molar-refractivity contribution in [3.63, 3.8) is 0 Å². The molecule has 6 nitrogen and oxygen atoms in total. The quantitative estimate of drug-likeness (QED) is 0.797. The third-order valence-corrected chi connectivity index (χ3v) is 3.40. The molecule has 0 amide bonds. The zero-order valence-corrected chi connectivity index (χ0v) is 12.6. The molecule has 0 radical (unpaired) electrons. The number of nitrogens with zero attached hydrogens (tertiary/aromatic N) is 2. The normalized spacial score (nSPS) is 10.5. The molecule has 0 saturated heterocycles. The first kappa shape index (κ1) is 14.8. The summed E-state index contributed by atoms with van der Waals surface area (Å²) in [5, 5.41) is 9.47. The average Bonchev–Trinajstić information content (AvgIpc) is 2.59. The minimum Gasteiger partial charge on any atom is -0.497 e. The Morgan fingerprint density at radius 1 is 0.957 bits per heavy atom. The molecule has 6 heteroatoms. The van der Waals surface area contributed by atoms with Crippen LogP contribution in [0.15, 0.2) is 42.5 Å². The van der Waals surface area contributed by atoms with Gasteiger partial charge in [-0.2, -0.15) is 0 Å². The van der Waals surface area contributed by atoms with E-state index in [1.54, 1.807) is 36.4 Å². The van der Waals surface area contributed by atoms with Crippen molar-refractivity contribution < 1.29 is 19.4 Å². The van der Waals surface area contributed by atoms with Crippen molar-refractivity contribution in [2.75, 3.05) is 14.2 Å². The number of carbonyl (C=O) groups is 1. The van der Waals surface area contributed by atoms with Crippen LogP contribution in [0, 0.1) is 0 Å². The van der Waals surface area contributed by atoms with E-state index in [1.165, 1.54) is 14.2 Å². The molecule has 0 unspecified atom stereocenters. The molecule has 0 bridgehead atoms. The van der Waals surface area contributed by atoms with Crippen LogP contribution >= 0.6 is 0 Å². The molecule has 0 fully saturated rings. The lowest BCUT2D eigenvalue weighted by Gasteiger charge is -2.10.